The average molecular weight is 745 g/mol. The molecule has 2 aromatic rings. The van der Waals surface area contributed by atoms with E-state index in [2.05, 4.69) is 96.4 Å². The summed E-state index contributed by atoms with van der Waals surface area (Å²) in [6, 6.07) is 5.98. The number of hydrogen-bond acceptors (Lipinski definition) is 7. The summed E-state index contributed by atoms with van der Waals surface area (Å²) in [4.78, 5) is 31.9. The van der Waals surface area contributed by atoms with Crippen molar-refractivity contribution in [3.05, 3.63) is 41.7 Å². The Balaban J connectivity index is 2.22. The van der Waals surface area contributed by atoms with Gasteiger partial charge in [-0.1, -0.05) is 87.5 Å². The first kappa shape index (κ1) is 45.0. The van der Waals surface area contributed by atoms with E-state index >= 15 is 0 Å². The molecule has 0 aliphatic carbocycles. The van der Waals surface area contributed by atoms with Gasteiger partial charge in [0.15, 0.2) is 16.6 Å². The number of ether oxygens (including phenoxy) is 1. The van der Waals surface area contributed by atoms with E-state index in [0.717, 1.165) is 41.7 Å². The van der Waals surface area contributed by atoms with Crippen LogP contribution in [0.25, 0.3) is 11.0 Å². The zero-order chi connectivity index (χ0) is 39.3. The number of unbranched alkanes of at least 4 members (excludes halogenated alkanes) is 1. The van der Waals surface area contributed by atoms with Gasteiger partial charge in [0.25, 0.3) is 0 Å². The molecule has 1 N–H and O–H groups in total. The van der Waals surface area contributed by atoms with Crippen LogP contribution in [0.15, 0.2) is 30.4 Å². The summed E-state index contributed by atoms with van der Waals surface area (Å²) >= 11 is 0. The molecule has 5 atom stereocenters. The molecular weight excluding hydrogens is 673 g/mol. The Labute approximate surface area is 312 Å². The number of aliphatic hydroxyl groups is 1. The highest BCUT2D eigenvalue weighted by Crippen LogP contribution is 2.44. The second kappa shape index (κ2) is 17.4. The largest absolute Gasteiger partial charge is 0.469 e. The van der Waals surface area contributed by atoms with Crippen molar-refractivity contribution in [2.45, 2.75) is 163 Å². The molecule has 2 rings (SSSR count). The first-order chi connectivity index (χ1) is 23.2. The van der Waals surface area contributed by atoms with Gasteiger partial charge >= 0.3 is 5.97 Å². The molecule has 290 valence electrons. The number of methoxy groups -OCH3 is 1. The number of aryl methyl sites for hydroxylation is 2. The van der Waals surface area contributed by atoms with E-state index < -0.39 is 40.2 Å². The van der Waals surface area contributed by atoms with E-state index in [9.17, 15) is 14.7 Å². The van der Waals surface area contributed by atoms with E-state index in [-0.39, 0.29) is 40.3 Å². The molecule has 0 aliphatic rings. The van der Waals surface area contributed by atoms with Gasteiger partial charge in [0.05, 0.1) is 42.9 Å². The van der Waals surface area contributed by atoms with E-state index in [0.29, 0.717) is 6.42 Å². The van der Waals surface area contributed by atoms with Crippen molar-refractivity contribution in [1.82, 2.24) is 9.55 Å². The van der Waals surface area contributed by atoms with Crippen LogP contribution in [0.1, 0.15) is 119 Å². The molecule has 0 bridgehead atoms. The summed E-state index contributed by atoms with van der Waals surface area (Å²) in [5, 5.41) is 10.8. The zero-order valence-electron chi connectivity index (χ0n) is 35.2. The highest BCUT2D eigenvalue weighted by atomic mass is 28.4. The minimum atomic E-state index is -2.33. The molecule has 1 aromatic heterocycles. The van der Waals surface area contributed by atoms with Crippen LogP contribution in [-0.2, 0) is 30.2 Å². The molecule has 8 nitrogen and oxygen atoms in total. The molecule has 10 heteroatoms. The van der Waals surface area contributed by atoms with Crippen molar-refractivity contribution in [2.24, 2.45) is 24.3 Å². The van der Waals surface area contributed by atoms with Crippen LogP contribution in [0.5, 0.6) is 0 Å². The third kappa shape index (κ3) is 11.4. The van der Waals surface area contributed by atoms with E-state index in [1.54, 1.807) is 0 Å². The van der Waals surface area contributed by atoms with Gasteiger partial charge in [-0.2, -0.15) is 0 Å². The van der Waals surface area contributed by atoms with E-state index in [1.807, 2.05) is 52.9 Å². The molecule has 0 unspecified atom stereocenters. The molecule has 1 heterocycles. The van der Waals surface area contributed by atoms with Crippen molar-refractivity contribution in [2.75, 3.05) is 7.11 Å². The highest BCUT2D eigenvalue weighted by Gasteiger charge is 2.50. The first-order valence-electron chi connectivity index (χ1n) is 18.9. The summed E-state index contributed by atoms with van der Waals surface area (Å²) in [6.45, 7) is 32.0. The molecule has 0 saturated heterocycles. The van der Waals surface area contributed by atoms with Crippen LogP contribution in [0, 0.1) is 24.2 Å². The van der Waals surface area contributed by atoms with Gasteiger partial charge in [-0.25, -0.2) is 4.98 Å². The molecule has 0 amide bonds. The monoisotopic (exact) mass is 744 g/mol. The normalized spacial score (nSPS) is 16.7. The van der Waals surface area contributed by atoms with Crippen LogP contribution in [0.4, 0.5) is 0 Å². The lowest BCUT2D eigenvalue weighted by molar-refractivity contribution is -0.148. The summed E-state index contributed by atoms with van der Waals surface area (Å²) in [5.41, 5.74) is 1.89. The highest BCUT2D eigenvalue weighted by molar-refractivity contribution is 6.74. The Kier molecular flexibility index (Phi) is 15.3. The molecule has 0 fully saturated rings. The number of allylic oxidation sites excluding steroid dienone is 1. The molecule has 1 aromatic carbocycles. The standard InChI is InChI=1S/C41H72N2O6Si2/c1-28(22-20-18-19-21-23-34(44)31-24-25-33-32(26-31)42-30(3)43(33)12)37(49-51(16,17)40(7,8)9)29(2)38(46)41(10,11)35(27-36(45)47-13)48-50(14,15)39(4,5)6/h19,21,24-26,28-29,34-35,37,44H,18,20,22-23,27H2,1-17H3/t28-,29+,34+,35-,37-/m0/s1. The number of benzene rings is 1. The quantitative estimate of drug-likeness (QED) is 0.0702. The number of carbonyl (C=O) groups excluding carboxylic acids is 2. The van der Waals surface area contributed by atoms with Gasteiger partial charge in [-0.05, 0) is 92.5 Å². The van der Waals surface area contributed by atoms with Crippen molar-refractivity contribution in [3.63, 3.8) is 0 Å². The minimum absolute atomic E-state index is 0.0222. The Morgan fingerprint density at radius 2 is 1.51 bits per heavy atom. The van der Waals surface area contributed by atoms with Crippen LogP contribution < -0.4 is 0 Å². The number of carbonyl (C=O) groups is 2. The Hall–Kier alpha value is -2.12. The lowest BCUT2D eigenvalue weighted by Gasteiger charge is -2.46. The van der Waals surface area contributed by atoms with Crippen molar-refractivity contribution in [1.29, 1.82) is 0 Å². The lowest BCUT2D eigenvalue weighted by Crippen LogP contribution is -2.54. The predicted molar refractivity (Wildman–Crippen MR) is 216 cm³/mol. The third-order valence-corrected chi connectivity index (χ3v) is 21.0. The van der Waals surface area contributed by atoms with Gasteiger partial charge in [-0.15, -0.1) is 0 Å². The third-order valence-electron chi connectivity index (χ3n) is 12.0. The second-order valence-corrected chi connectivity index (χ2v) is 28.0. The van der Waals surface area contributed by atoms with Crippen LogP contribution in [0.3, 0.4) is 0 Å². The van der Waals surface area contributed by atoms with Crippen LogP contribution in [0.2, 0.25) is 36.3 Å². The molecular formula is C41H72N2O6Si2. The molecule has 0 spiro atoms. The number of ketones is 1. The maximum Gasteiger partial charge on any atom is 0.308 e. The Bertz CT molecular complexity index is 1500. The number of imidazole rings is 1. The second-order valence-electron chi connectivity index (χ2n) is 18.5. The number of aromatic nitrogens is 2. The summed E-state index contributed by atoms with van der Waals surface area (Å²) in [6.07, 6.45) is 6.00. The summed E-state index contributed by atoms with van der Waals surface area (Å²) in [5.74, 6) is 0.349. The SMILES string of the molecule is COC(=O)C[C@H](O[Si](C)(C)C(C)(C)C)C(C)(C)C(=O)[C@H](C)[C@@H](O[Si](C)(C)C(C)(C)C)[C@@H](C)CCCC=CC[C@@H](O)c1ccc2c(c1)nc(C)n2C. The van der Waals surface area contributed by atoms with Gasteiger partial charge in [0.1, 0.15) is 11.6 Å². The molecule has 0 radical (unpaired) electrons. The van der Waals surface area contributed by atoms with Gasteiger partial charge in [-0.3, -0.25) is 9.59 Å². The van der Waals surface area contributed by atoms with Crippen molar-refractivity contribution >= 4 is 39.4 Å². The molecule has 0 saturated carbocycles. The first-order valence-corrected chi connectivity index (χ1v) is 24.7. The number of fused-ring (bicyclic) bond motifs is 1. The smallest absolute Gasteiger partial charge is 0.308 e. The van der Waals surface area contributed by atoms with Crippen LogP contribution >= 0.6 is 0 Å². The minimum Gasteiger partial charge on any atom is -0.469 e. The van der Waals surface area contributed by atoms with Gasteiger partial charge in [0, 0.05) is 18.4 Å². The van der Waals surface area contributed by atoms with Crippen LogP contribution in [-0.4, -0.2) is 62.4 Å². The fraction of sp³-hybridized carbons (Fsp3) is 0.732. The fourth-order valence-electron chi connectivity index (χ4n) is 6.08. The van der Waals surface area contributed by atoms with Crippen molar-refractivity contribution in [3.8, 4) is 0 Å². The Morgan fingerprint density at radius 3 is 2.06 bits per heavy atom. The number of Topliss-reactive ketones (excluding diaryl/α,β-unsaturated/α-hetero) is 1. The maximum absolute atomic E-state index is 14.7. The fourth-order valence-corrected chi connectivity index (χ4v) is 8.99. The predicted octanol–water partition coefficient (Wildman–Crippen LogP) is 10.2. The molecule has 0 aliphatic heterocycles. The van der Waals surface area contributed by atoms with E-state index in [4.69, 9.17) is 13.6 Å². The number of aliphatic hydroxyl groups excluding tert-OH is 1. The number of rotatable bonds is 18. The lowest BCUT2D eigenvalue weighted by atomic mass is 9.73. The maximum atomic E-state index is 14.7. The Morgan fingerprint density at radius 1 is 0.941 bits per heavy atom. The summed E-state index contributed by atoms with van der Waals surface area (Å²) in [7, 11) is -1.19. The number of nitrogens with zero attached hydrogens (tertiary/aromatic N) is 2. The molecule has 51 heavy (non-hydrogen) atoms. The van der Waals surface area contributed by atoms with E-state index in [1.165, 1.54) is 7.11 Å². The average Bonchev–Trinajstić information content (AvgIpc) is 3.30. The number of hydrogen-bond donors (Lipinski definition) is 1. The topological polar surface area (TPSA) is 99.9 Å². The number of esters is 1. The summed E-state index contributed by atoms with van der Waals surface area (Å²) < 4.78 is 21.1. The van der Waals surface area contributed by atoms with Gasteiger partial charge < -0.3 is 23.3 Å². The zero-order valence-corrected chi connectivity index (χ0v) is 37.2. The van der Waals surface area contributed by atoms with Gasteiger partial charge in [0.2, 0.25) is 0 Å². The van der Waals surface area contributed by atoms with Crippen molar-refractivity contribution < 1.29 is 28.3 Å².